The molecule has 2 aromatic heterocycles. The largest absolute Gasteiger partial charge is 0.504 e. The van der Waals surface area contributed by atoms with E-state index in [1.165, 1.54) is 16.9 Å². The van der Waals surface area contributed by atoms with E-state index >= 15 is 0 Å². The Kier molecular flexibility index (Phi) is 6.62. The molecule has 0 bridgehead atoms. The second-order valence-corrected chi connectivity index (χ2v) is 7.48. The summed E-state index contributed by atoms with van der Waals surface area (Å²) in [7, 11) is 0. The van der Waals surface area contributed by atoms with Crippen LogP contribution in [0.4, 0.5) is 11.4 Å². The van der Waals surface area contributed by atoms with E-state index in [-0.39, 0.29) is 36.5 Å². The molecule has 0 saturated heterocycles. The van der Waals surface area contributed by atoms with Gasteiger partial charge in [0.1, 0.15) is 11.4 Å². The summed E-state index contributed by atoms with van der Waals surface area (Å²) in [6.07, 6.45) is 1.51. The number of hydrogen-bond donors (Lipinski definition) is 3. The molecule has 0 aliphatic carbocycles. The molecule has 0 aliphatic heterocycles. The van der Waals surface area contributed by atoms with Crippen LogP contribution < -0.4 is 5.56 Å². The van der Waals surface area contributed by atoms with E-state index in [0.717, 1.165) is 16.7 Å². The molecule has 10 nitrogen and oxygen atoms in total. The predicted octanol–water partition coefficient (Wildman–Crippen LogP) is 3.72. The van der Waals surface area contributed by atoms with E-state index in [1.807, 2.05) is 32.0 Å². The van der Waals surface area contributed by atoms with Gasteiger partial charge in [0.05, 0.1) is 5.69 Å². The lowest BCUT2D eigenvalue weighted by Gasteiger charge is -2.07. The summed E-state index contributed by atoms with van der Waals surface area (Å²) >= 11 is 0. The minimum Gasteiger partial charge on any atom is -0.504 e. The highest BCUT2D eigenvalue weighted by Crippen LogP contribution is 2.36. The zero-order valence-electron chi connectivity index (χ0n) is 17.9. The maximum Gasteiger partial charge on any atom is 0.372 e. The third kappa shape index (κ3) is 4.97. The summed E-state index contributed by atoms with van der Waals surface area (Å²) in [4.78, 5) is 38.6. The van der Waals surface area contributed by atoms with Gasteiger partial charge in [0.25, 0.3) is 5.56 Å². The van der Waals surface area contributed by atoms with Gasteiger partial charge in [-0.15, -0.1) is 10.2 Å². The Bertz CT molecular complexity index is 1250. The number of benzene rings is 1. The smallest absolute Gasteiger partial charge is 0.372 e. The first-order chi connectivity index (χ1) is 15.2. The second kappa shape index (κ2) is 9.38. The summed E-state index contributed by atoms with van der Waals surface area (Å²) in [5.74, 6) is -2.55. The summed E-state index contributed by atoms with van der Waals surface area (Å²) in [5, 5.41) is 30.2. The molecule has 1 aromatic carbocycles. The molecular weight excluding hydrogens is 414 g/mol. The standard InChI is InChI=1S/C22H23N5O5/c1-12-9-13(2)11-15(10-12)19-20(29)16(6-7-23-19)24-25-18-14(3)26-27(21(18)30)8-4-5-17(28)22(31)32/h6-7,9-11,26,29H,4-5,8H2,1-3H3,(H,31,32). The molecule has 0 saturated carbocycles. The molecule has 3 rings (SSSR count). The molecule has 0 unspecified atom stereocenters. The van der Waals surface area contributed by atoms with Crippen molar-refractivity contribution in [3.8, 4) is 17.0 Å². The van der Waals surface area contributed by atoms with Crippen molar-refractivity contribution in [2.75, 3.05) is 0 Å². The molecule has 32 heavy (non-hydrogen) atoms. The molecular formula is C22H23N5O5. The average Bonchev–Trinajstić information content (AvgIpc) is 2.99. The van der Waals surface area contributed by atoms with Crippen molar-refractivity contribution in [2.45, 2.75) is 40.2 Å². The lowest BCUT2D eigenvalue weighted by molar-refractivity contribution is -0.149. The maximum atomic E-state index is 12.6. The van der Waals surface area contributed by atoms with Crippen LogP contribution in [0.3, 0.4) is 0 Å². The first-order valence-electron chi connectivity index (χ1n) is 9.91. The van der Waals surface area contributed by atoms with Crippen LogP contribution in [0.25, 0.3) is 11.3 Å². The summed E-state index contributed by atoms with van der Waals surface area (Å²) in [5.41, 5.74) is 3.37. The fraction of sp³-hybridized carbons (Fsp3) is 0.273. The van der Waals surface area contributed by atoms with Crippen molar-refractivity contribution in [1.29, 1.82) is 0 Å². The Morgan fingerprint density at radius 3 is 2.47 bits per heavy atom. The Hall–Kier alpha value is -4.08. The van der Waals surface area contributed by atoms with Crippen LogP contribution in [0, 0.1) is 20.8 Å². The molecule has 0 atom stereocenters. The van der Waals surface area contributed by atoms with E-state index in [0.29, 0.717) is 11.4 Å². The number of aromatic amines is 1. The van der Waals surface area contributed by atoms with Crippen LogP contribution >= 0.6 is 0 Å². The predicted molar refractivity (Wildman–Crippen MR) is 117 cm³/mol. The monoisotopic (exact) mass is 437 g/mol. The summed E-state index contributed by atoms with van der Waals surface area (Å²) in [6.45, 7) is 5.68. The van der Waals surface area contributed by atoms with Gasteiger partial charge in [0.15, 0.2) is 11.4 Å². The molecule has 10 heteroatoms. The van der Waals surface area contributed by atoms with E-state index in [4.69, 9.17) is 5.11 Å². The number of aromatic hydroxyl groups is 1. The van der Waals surface area contributed by atoms with Crippen LogP contribution in [0.5, 0.6) is 5.75 Å². The van der Waals surface area contributed by atoms with Crippen molar-refractivity contribution in [1.82, 2.24) is 14.8 Å². The fourth-order valence-electron chi connectivity index (χ4n) is 3.33. The van der Waals surface area contributed by atoms with Crippen LogP contribution in [-0.2, 0) is 16.1 Å². The first kappa shape index (κ1) is 22.6. The number of rotatable bonds is 8. The van der Waals surface area contributed by atoms with Gasteiger partial charge < -0.3 is 10.2 Å². The number of pyridine rings is 1. The van der Waals surface area contributed by atoms with Gasteiger partial charge in [-0.3, -0.25) is 24.4 Å². The van der Waals surface area contributed by atoms with Crippen molar-refractivity contribution in [2.24, 2.45) is 10.2 Å². The molecule has 0 spiro atoms. The topological polar surface area (TPSA) is 150 Å². The number of carbonyl (C=O) groups excluding carboxylic acids is 1. The first-order valence-corrected chi connectivity index (χ1v) is 9.91. The average molecular weight is 437 g/mol. The lowest BCUT2D eigenvalue weighted by atomic mass is 10.0. The number of carboxylic acid groups (broad SMARTS) is 1. The molecule has 3 aromatic rings. The van der Waals surface area contributed by atoms with E-state index in [1.54, 1.807) is 6.92 Å². The van der Waals surface area contributed by atoms with Gasteiger partial charge in [-0.25, -0.2) is 4.79 Å². The SMILES string of the molecule is Cc1cc(C)cc(-c2nccc(N=Nc3c(C)[nH]n(CCCC(=O)C(=O)O)c3=O)c2O)c1. The van der Waals surface area contributed by atoms with Crippen LogP contribution in [-0.4, -0.2) is 36.7 Å². The van der Waals surface area contributed by atoms with E-state index < -0.39 is 17.3 Å². The normalized spacial score (nSPS) is 11.2. The Morgan fingerprint density at radius 2 is 1.81 bits per heavy atom. The molecule has 3 N–H and O–H groups in total. The minimum atomic E-state index is -1.49. The molecule has 0 fully saturated rings. The van der Waals surface area contributed by atoms with Crippen LogP contribution in [0.15, 0.2) is 45.5 Å². The zero-order valence-corrected chi connectivity index (χ0v) is 17.9. The van der Waals surface area contributed by atoms with E-state index in [2.05, 4.69) is 20.3 Å². The minimum absolute atomic E-state index is 0.0544. The number of aryl methyl sites for hydroxylation is 4. The number of aliphatic carboxylic acids is 1. The van der Waals surface area contributed by atoms with Crippen molar-refractivity contribution >= 4 is 23.1 Å². The molecule has 2 heterocycles. The maximum absolute atomic E-state index is 12.6. The highest BCUT2D eigenvalue weighted by molar-refractivity contribution is 6.32. The van der Waals surface area contributed by atoms with Gasteiger partial charge in [-0.1, -0.05) is 17.2 Å². The number of H-pyrrole nitrogens is 1. The van der Waals surface area contributed by atoms with E-state index in [9.17, 15) is 19.5 Å². The molecule has 166 valence electrons. The molecule has 0 radical (unpaired) electrons. The number of azo groups is 1. The van der Waals surface area contributed by atoms with Gasteiger partial charge in [0.2, 0.25) is 5.78 Å². The number of Topliss-reactive ketones (excluding diaryl/α,β-unsaturated/α-hetero) is 1. The fourth-order valence-corrected chi connectivity index (χ4v) is 3.33. The molecule has 0 aliphatic rings. The van der Waals surface area contributed by atoms with Crippen molar-refractivity contribution < 1.29 is 19.8 Å². The number of nitrogens with one attached hydrogen (secondary N) is 1. The van der Waals surface area contributed by atoms with Gasteiger partial charge in [-0.05, 0) is 45.4 Å². The zero-order chi connectivity index (χ0) is 23.4. The van der Waals surface area contributed by atoms with Gasteiger partial charge in [0, 0.05) is 24.7 Å². The lowest BCUT2D eigenvalue weighted by Crippen LogP contribution is -2.18. The number of carbonyl (C=O) groups is 2. The third-order valence-corrected chi connectivity index (χ3v) is 4.79. The number of aromatic nitrogens is 3. The summed E-state index contributed by atoms with van der Waals surface area (Å²) < 4.78 is 1.24. The number of hydrogen-bond acceptors (Lipinski definition) is 7. The Morgan fingerprint density at radius 1 is 1.12 bits per heavy atom. The summed E-state index contributed by atoms with van der Waals surface area (Å²) in [6, 6.07) is 7.31. The Labute approximate surface area is 183 Å². The number of carboxylic acids is 1. The third-order valence-electron chi connectivity index (χ3n) is 4.79. The highest BCUT2D eigenvalue weighted by Gasteiger charge is 2.15. The number of ketones is 1. The quantitative estimate of drug-likeness (QED) is 0.361. The van der Waals surface area contributed by atoms with Gasteiger partial charge >= 0.3 is 5.97 Å². The highest BCUT2D eigenvalue weighted by atomic mass is 16.4. The van der Waals surface area contributed by atoms with Crippen molar-refractivity contribution in [3.63, 3.8) is 0 Å². The number of nitrogens with zero attached hydrogens (tertiary/aromatic N) is 4. The Balaban J connectivity index is 1.84. The second-order valence-electron chi connectivity index (χ2n) is 7.48. The van der Waals surface area contributed by atoms with Gasteiger partial charge in [-0.2, -0.15) is 0 Å². The molecule has 0 amide bonds. The van der Waals surface area contributed by atoms with Crippen LogP contribution in [0.2, 0.25) is 0 Å². The van der Waals surface area contributed by atoms with Crippen LogP contribution in [0.1, 0.15) is 29.7 Å². The van der Waals surface area contributed by atoms with Crippen molar-refractivity contribution in [3.05, 3.63) is 57.6 Å².